The predicted molar refractivity (Wildman–Crippen MR) is 94.2 cm³/mol. The third-order valence-corrected chi connectivity index (χ3v) is 5.30. The molecule has 3 rings (SSSR count). The van der Waals surface area contributed by atoms with Crippen LogP contribution in [0.4, 0.5) is 0 Å². The van der Waals surface area contributed by atoms with Crippen LogP contribution in [-0.4, -0.2) is 46.7 Å². The predicted octanol–water partition coefficient (Wildman–Crippen LogP) is 3.11. The highest BCUT2D eigenvalue weighted by molar-refractivity contribution is 5.76. The van der Waals surface area contributed by atoms with Crippen LogP contribution in [0, 0.1) is 5.92 Å². The lowest BCUT2D eigenvalue weighted by Gasteiger charge is -2.39. The number of amides is 1. The largest absolute Gasteiger partial charge is 0.377 e. The van der Waals surface area contributed by atoms with E-state index in [2.05, 4.69) is 35.8 Å². The summed E-state index contributed by atoms with van der Waals surface area (Å²) in [5.74, 6) is 2.38. The van der Waals surface area contributed by atoms with Crippen LogP contribution in [0.25, 0.3) is 0 Å². The van der Waals surface area contributed by atoms with Gasteiger partial charge in [-0.1, -0.05) is 45.2 Å². The number of hydrogen-bond donors (Lipinski definition) is 0. The smallest absolute Gasteiger partial charge is 0.226 e. The van der Waals surface area contributed by atoms with Gasteiger partial charge in [-0.3, -0.25) is 4.79 Å². The summed E-state index contributed by atoms with van der Waals surface area (Å²) in [5.41, 5.74) is -0.111. The molecule has 0 spiro atoms. The number of carbonyl (C=O) groups excluding carboxylic acids is 1. The number of aromatic nitrogens is 2. The molecule has 1 aromatic rings. The molecule has 0 N–H and O–H groups in total. The number of nitrogens with zero attached hydrogens (tertiary/aromatic N) is 3. The van der Waals surface area contributed by atoms with E-state index in [1.165, 1.54) is 19.3 Å². The summed E-state index contributed by atoms with van der Waals surface area (Å²) in [7, 11) is 0. The molecule has 6 heteroatoms. The van der Waals surface area contributed by atoms with E-state index in [-0.39, 0.29) is 17.4 Å². The van der Waals surface area contributed by atoms with Gasteiger partial charge in [0.2, 0.25) is 11.8 Å². The average Bonchev–Trinajstić information content (AvgIpc) is 3.00. The highest BCUT2D eigenvalue weighted by atomic mass is 16.5. The maximum atomic E-state index is 12.7. The molecule has 6 nitrogen and oxygen atoms in total. The van der Waals surface area contributed by atoms with E-state index in [1.807, 2.05) is 0 Å². The van der Waals surface area contributed by atoms with Crippen molar-refractivity contribution in [3.63, 3.8) is 0 Å². The van der Waals surface area contributed by atoms with Crippen LogP contribution in [0.15, 0.2) is 4.52 Å². The Balaban J connectivity index is 1.46. The number of rotatable bonds is 6. The number of aryl methyl sites for hydroxylation is 1. The SMILES string of the molecule is CC(C)(C)c1noc(CCCC(=O)N2CCOCC2CC2CCC2)n1. The molecule has 1 amide bonds. The minimum Gasteiger partial charge on any atom is -0.377 e. The molecule has 1 aliphatic carbocycles. The lowest BCUT2D eigenvalue weighted by Crippen LogP contribution is -2.49. The van der Waals surface area contributed by atoms with Crippen LogP contribution in [-0.2, 0) is 21.4 Å². The van der Waals surface area contributed by atoms with Crippen LogP contribution >= 0.6 is 0 Å². The molecular formula is C19H31N3O3. The van der Waals surface area contributed by atoms with Gasteiger partial charge in [0.25, 0.3) is 0 Å². The van der Waals surface area contributed by atoms with Crippen LogP contribution < -0.4 is 0 Å². The molecule has 25 heavy (non-hydrogen) atoms. The Kier molecular flexibility index (Phi) is 5.77. The van der Waals surface area contributed by atoms with E-state index < -0.39 is 0 Å². The second kappa shape index (κ2) is 7.85. The van der Waals surface area contributed by atoms with E-state index in [9.17, 15) is 4.79 Å². The van der Waals surface area contributed by atoms with Gasteiger partial charge in [0.1, 0.15) is 0 Å². The summed E-state index contributed by atoms with van der Waals surface area (Å²) in [6.07, 6.45) is 7.01. The molecule has 1 atom stereocenters. The number of morpholine rings is 1. The van der Waals surface area contributed by atoms with E-state index in [4.69, 9.17) is 9.26 Å². The minimum absolute atomic E-state index is 0.111. The van der Waals surface area contributed by atoms with Gasteiger partial charge in [0.05, 0.1) is 19.3 Å². The quantitative estimate of drug-likeness (QED) is 0.789. The first-order valence-electron chi connectivity index (χ1n) is 9.64. The summed E-state index contributed by atoms with van der Waals surface area (Å²) >= 11 is 0. The van der Waals surface area contributed by atoms with Gasteiger partial charge in [-0.05, 0) is 18.8 Å². The van der Waals surface area contributed by atoms with Crippen molar-refractivity contribution in [3.8, 4) is 0 Å². The summed E-state index contributed by atoms with van der Waals surface area (Å²) in [6, 6.07) is 0.266. The topological polar surface area (TPSA) is 68.5 Å². The Morgan fingerprint density at radius 3 is 2.76 bits per heavy atom. The van der Waals surface area contributed by atoms with Crippen molar-refractivity contribution >= 4 is 5.91 Å². The first-order chi connectivity index (χ1) is 11.9. The van der Waals surface area contributed by atoms with Crippen molar-refractivity contribution in [2.24, 2.45) is 5.92 Å². The molecule has 0 bridgehead atoms. The molecule has 1 saturated heterocycles. The molecule has 2 aliphatic rings. The second-order valence-electron chi connectivity index (χ2n) is 8.46. The van der Waals surface area contributed by atoms with Gasteiger partial charge in [-0.15, -0.1) is 0 Å². The molecule has 0 aromatic carbocycles. The Morgan fingerprint density at radius 1 is 1.32 bits per heavy atom. The normalized spacial score (nSPS) is 22.0. The number of ether oxygens (including phenoxy) is 1. The molecule has 1 unspecified atom stereocenters. The Morgan fingerprint density at radius 2 is 2.12 bits per heavy atom. The number of carbonyl (C=O) groups is 1. The fraction of sp³-hybridized carbons (Fsp3) is 0.842. The lowest BCUT2D eigenvalue weighted by atomic mass is 9.80. The third-order valence-electron chi connectivity index (χ3n) is 5.30. The standard InChI is InChI=1S/C19H31N3O3/c1-19(2,3)18-20-16(25-21-18)8-5-9-17(23)22-10-11-24-13-15(22)12-14-6-4-7-14/h14-15H,4-13H2,1-3H3. The fourth-order valence-corrected chi connectivity index (χ4v) is 3.49. The second-order valence-corrected chi connectivity index (χ2v) is 8.46. The van der Waals surface area contributed by atoms with Crippen LogP contribution in [0.1, 0.15) is 71.0 Å². The Labute approximate surface area is 150 Å². The van der Waals surface area contributed by atoms with Gasteiger partial charge >= 0.3 is 0 Å². The van der Waals surface area contributed by atoms with E-state index in [1.54, 1.807) is 0 Å². The van der Waals surface area contributed by atoms with E-state index in [0.29, 0.717) is 31.9 Å². The fourth-order valence-electron chi connectivity index (χ4n) is 3.49. The summed E-state index contributed by atoms with van der Waals surface area (Å²) in [5, 5.41) is 4.04. The van der Waals surface area contributed by atoms with Crippen molar-refractivity contribution in [2.45, 2.75) is 77.2 Å². The van der Waals surface area contributed by atoms with Crippen LogP contribution in [0.2, 0.25) is 0 Å². The zero-order chi connectivity index (χ0) is 17.9. The Hall–Kier alpha value is -1.43. The summed E-state index contributed by atoms with van der Waals surface area (Å²) in [6.45, 7) is 8.26. The van der Waals surface area contributed by atoms with Gasteiger partial charge in [0, 0.05) is 24.8 Å². The number of hydrogen-bond acceptors (Lipinski definition) is 5. The molecule has 1 aromatic heterocycles. The van der Waals surface area contributed by atoms with E-state index >= 15 is 0 Å². The third kappa shape index (κ3) is 4.81. The maximum absolute atomic E-state index is 12.7. The zero-order valence-corrected chi connectivity index (χ0v) is 15.8. The first kappa shape index (κ1) is 18.4. The van der Waals surface area contributed by atoms with E-state index in [0.717, 1.165) is 31.1 Å². The molecule has 140 valence electrons. The van der Waals surface area contributed by atoms with Crippen molar-refractivity contribution < 1.29 is 14.1 Å². The molecular weight excluding hydrogens is 318 g/mol. The average molecular weight is 349 g/mol. The van der Waals surface area contributed by atoms with Crippen molar-refractivity contribution in [1.29, 1.82) is 0 Å². The molecule has 2 heterocycles. The molecule has 0 radical (unpaired) electrons. The monoisotopic (exact) mass is 349 g/mol. The van der Waals surface area contributed by atoms with Crippen LogP contribution in [0.3, 0.4) is 0 Å². The summed E-state index contributed by atoms with van der Waals surface area (Å²) in [4.78, 5) is 19.1. The van der Waals surface area contributed by atoms with Crippen molar-refractivity contribution in [3.05, 3.63) is 11.7 Å². The van der Waals surface area contributed by atoms with Crippen molar-refractivity contribution in [2.75, 3.05) is 19.8 Å². The lowest BCUT2D eigenvalue weighted by molar-refractivity contribution is -0.141. The summed E-state index contributed by atoms with van der Waals surface area (Å²) < 4.78 is 10.9. The molecule has 1 saturated carbocycles. The van der Waals surface area contributed by atoms with Crippen molar-refractivity contribution in [1.82, 2.24) is 15.0 Å². The maximum Gasteiger partial charge on any atom is 0.226 e. The first-order valence-corrected chi connectivity index (χ1v) is 9.64. The Bertz CT molecular complexity index is 575. The minimum atomic E-state index is -0.111. The molecule has 2 fully saturated rings. The van der Waals surface area contributed by atoms with Gasteiger partial charge < -0.3 is 14.2 Å². The van der Waals surface area contributed by atoms with Gasteiger partial charge in [-0.2, -0.15) is 4.98 Å². The molecule has 1 aliphatic heterocycles. The highest BCUT2D eigenvalue weighted by Gasteiger charge is 2.31. The zero-order valence-electron chi connectivity index (χ0n) is 15.8. The van der Waals surface area contributed by atoms with Gasteiger partial charge in [-0.25, -0.2) is 0 Å². The van der Waals surface area contributed by atoms with Gasteiger partial charge in [0.15, 0.2) is 5.82 Å². The van der Waals surface area contributed by atoms with Crippen LogP contribution in [0.5, 0.6) is 0 Å². The highest BCUT2D eigenvalue weighted by Crippen LogP contribution is 2.32.